The number of halogens is 2. The molecule has 0 saturated carbocycles. The maximum atomic E-state index is 13.9. The summed E-state index contributed by atoms with van der Waals surface area (Å²) in [6.07, 6.45) is 0. The van der Waals surface area contributed by atoms with Crippen LogP contribution in [0.5, 0.6) is 5.75 Å². The van der Waals surface area contributed by atoms with Crippen LogP contribution in [0.25, 0.3) is 11.1 Å². The van der Waals surface area contributed by atoms with Crippen LogP contribution in [0.3, 0.4) is 0 Å². The van der Waals surface area contributed by atoms with Crippen LogP contribution in [0, 0.1) is 11.6 Å². The van der Waals surface area contributed by atoms with E-state index >= 15 is 0 Å². The first kappa shape index (κ1) is 11.4. The first-order chi connectivity index (χ1) is 8.13. The summed E-state index contributed by atoms with van der Waals surface area (Å²) in [5.41, 5.74) is 6.11. The molecular formula is C13H11F2NO. The van der Waals surface area contributed by atoms with Gasteiger partial charge >= 0.3 is 0 Å². The van der Waals surface area contributed by atoms with Crippen molar-refractivity contribution in [2.75, 3.05) is 12.8 Å². The van der Waals surface area contributed by atoms with Gasteiger partial charge in [0.2, 0.25) is 0 Å². The summed E-state index contributed by atoms with van der Waals surface area (Å²) in [6, 6.07) is 8.88. The van der Waals surface area contributed by atoms with Gasteiger partial charge in [0, 0.05) is 5.56 Å². The third kappa shape index (κ3) is 2.06. The third-order valence-corrected chi connectivity index (χ3v) is 2.49. The van der Waals surface area contributed by atoms with Gasteiger partial charge in [0.1, 0.15) is 5.82 Å². The maximum absolute atomic E-state index is 13.9. The Kier molecular flexibility index (Phi) is 2.95. The van der Waals surface area contributed by atoms with Crippen LogP contribution < -0.4 is 10.5 Å². The number of hydrogen-bond donors (Lipinski definition) is 1. The second-order valence-corrected chi connectivity index (χ2v) is 3.56. The highest BCUT2D eigenvalue weighted by molar-refractivity contribution is 5.68. The van der Waals surface area contributed by atoms with Gasteiger partial charge in [-0.05, 0) is 23.8 Å². The second kappa shape index (κ2) is 4.41. The van der Waals surface area contributed by atoms with Crippen molar-refractivity contribution in [1.29, 1.82) is 0 Å². The highest BCUT2D eigenvalue weighted by atomic mass is 19.1. The number of nitrogen functional groups attached to an aromatic ring is 1. The molecule has 0 atom stereocenters. The van der Waals surface area contributed by atoms with Crippen molar-refractivity contribution in [2.45, 2.75) is 0 Å². The number of ether oxygens (including phenoxy) is 1. The van der Waals surface area contributed by atoms with E-state index in [9.17, 15) is 8.78 Å². The number of benzene rings is 2. The molecule has 2 N–H and O–H groups in total. The average molecular weight is 235 g/mol. The molecule has 2 aromatic rings. The van der Waals surface area contributed by atoms with Crippen LogP contribution in [0.2, 0.25) is 0 Å². The van der Waals surface area contributed by atoms with Crippen molar-refractivity contribution < 1.29 is 13.5 Å². The first-order valence-electron chi connectivity index (χ1n) is 5.01. The topological polar surface area (TPSA) is 35.2 Å². The molecule has 17 heavy (non-hydrogen) atoms. The number of anilines is 1. The fraction of sp³-hybridized carbons (Fsp3) is 0.0769. The lowest BCUT2D eigenvalue weighted by Gasteiger charge is -2.08. The minimum absolute atomic E-state index is 0.0389. The molecule has 0 aliphatic heterocycles. The maximum Gasteiger partial charge on any atom is 0.172 e. The molecule has 0 saturated heterocycles. The quantitative estimate of drug-likeness (QED) is 0.811. The van der Waals surface area contributed by atoms with Gasteiger partial charge in [-0.3, -0.25) is 0 Å². The normalized spacial score (nSPS) is 10.3. The van der Waals surface area contributed by atoms with Crippen molar-refractivity contribution >= 4 is 5.69 Å². The first-order valence-corrected chi connectivity index (χ1v) is 5.01. The van der Waals surface area contributed by atoms with Crippen LogP contribution in [0.15, 0.2) is 36.4 Å². The molecular weight excluding hydrogens is 224 g/mol. The molecule has 0 aliphatic rings. The molecule has 0 aromatic heterocycles. The van der Waals surface area contributed by atoms with Crippen molar-refractivity contribution in [1.82, 2.24) is 0 Å². The summed E-state index contributed by atoms with van der Waals surface area (Å²) in [4.78, 5) is 0. The Morgan fingerprint density at radius 1 is 1.12 bits per heavy atom. The lowest BCUT2D eigenvalue weighted by Crippen LogP contribution is -1.94. The zero-order chi connectivity index (χ0) is 12.4. The lowest BCUT2D eigenvalue weighted by molar-refractivity contribution is 0.387. The minimum Gasteiger partial charge on any atom is -0.494 e. The molecule has 2 aromatic carbocycles. The van der Waals surface area contributed by atoms with Crippen molar-refractivity contribution in [3.63, 3.8) is 0 Å². The number of methoxy groups -OCH3 is 1. The second-order valence-electron chi connectivity index (χ2n) is 3.56. The molecule has 88 valence electrons. The van der Waals surface area contributed by atoms with Gasteiger partial charge in [-0.15, -0.1) is 0 Å². The van der Waals surface area contributed by atoms with E-state index in [1.165, 1.54) is 25.3 Å². The fourth-order valence-corrected chi connectivity index (χ4v) is 1.59. The van der Waals surface area contributed by atoms with Crippen LogP contribution >= 0.6 is 0 Å². The number of nitrogens with two attached hydrogens (primary N) is 1. The lowest BCUT2D eigenvalue weighted by atomic mass is 10.0. The minimum atomic E-state index is -0.565. The van der Waals surface area contributed by atoms with Gasteiger partial charge < -0.3 is 10.5 Å². The molecule has 0 fully saturated rings. The summed E-state index contributed by atoms with van der Waals surface area (Å²) in [5, 5.41) is 0. The number of hydrogen-bond acceptors (Lipinski definition) is 2. The van der Waals surface area contributed by atoms with Crippen LogP contribution in [-0.4, -0.2) is 7.11 Å². The predicted octanol–water partition coefficient (Wildman–Crippen LogP) is 3.22. The van der Waals surface area contributed by atoms with Gasteiger partial charge in [0.05, 0.1) is 12.8 Å². The van der Waals surface area contributed by atoms with E-state index in [-0.39, 0.29) is 17.0 Å². The largest absolute Gasteiger partial charge is 0.494 e. The standard InChI is InChI=1S/C13H11F2NO/c1-17-12-4-2-3-9(13(12)15)8-5-6-11(16)10(14)7-8/h2-7H,16H2,1H3. The zero-order valence-electron chi connectivity index (χ0n) is 9.21. The van der Waals surface area contributed by atoms with E-state index in [4.69, 9.17) is 10.5 Å². The van der Waals surface area contributed by atoms with Crippen LogP contribution in [0.1, 0.15) is 0 Å². The predicted molar refractivity (Wildman–Crippen MR) is 62.8 cm³/mol. The van der Waals surface area contributed by atoms with E-state index in [0.717, 1.165) is 0 Å². The molecule has 2 nitrogen and oxygen atoms in total. The summed E-state index contributed by atoms with van der Waals surface area (Å²) in [7, 11) is 1.38. The van der Waals surface area contributed by atoms with Crippen molar-refractivity contribution in [3.05, 3.63) is 48.0 Å². The zero-order valence-corrected chi connectivity index (χ0v) is 9.21. The van der Waals surface area contributed by atoms with Crippen molar-refractivity contribution in [2.24, 2.45) is 0 Å². The van der Waals surface area contributed by atoms with Crippen LogP contribution in [-0.2, 0) is 0 Å². The Morgan fingerprint density at radius 3 is 2.53 bits per heavy atom. The molecule has 2 rings (SSSR count). The van der Waals surface area contributed by atoms with Gasteiger partial charge in [-0.2, -0.15) is 0 Å². The van der Waals surface area contributed by atoms with E-state index in [2.05, 4.69) is 0 Å². The highest BCUT2D eigenvalue weighted by Crippen LogP contribution is 2.30. The molecule has 0 spiro atoms. The SMILES string of the molecule is COc1cccc(-c2ccc(N)c(F)c2)c1F. The number of rotatable bonds is 2. The summed E-state index contributed by atoms with van der Waals surface area (Å²) in [6.45, 7) is 0. The molecule has 0 radical (unpaired) electrons. The van der Waals surface area contributed by atoms with E-state index in [1.807, 2.05) is 0 Å². The van der Waals surface area contributed by atoms with Gasteiger partial charge in [-0.25, -0.2) is 8.78 Å². The Balaban J connectivity index is 2.56. The Hall–Kier alpha value is -2.10. The monoisotopic (exact) mass is 235 g/mol. The Morgan fingerprint density at radius 2 is 1.88 bits per heavy atom. The summed E-state index contributed by atoms with van der Waals surface area (Å²) >= 11 is 0. The molecule has 0 heterocycles. The van der Waals surface area contributed by atoms with E-state index in [0.29, 0.717) is 5.56 Å². The van der Waals surface area contributed by atoms with Gasteiger partial charge in [0.15, 0.2) is 11.6 Å². The molecule has 0 aliphatic carbocycles. The molecule has 0 bridgehead atoms. The summed E-state index contributed by atoms with van der Waals surface area (Å²) in [5.74, 6) is -0.955. The smallest absolute Gasteiger partial charge is 0.172 e. The summed E-state index contributed by atoms with van der Waals surface area (Å²) < 4.78 is 32.1. The Labute approximate surface area is 97.6 Å². The third-order valence-electron chi connectivity index (χ3n) is 2.49. The Bertz CT molecular complexity index is 555. The molecule has 0 unspecified atom stereocenters. The molecule has 4 heteroatoms. The van der Waals surface area contributed by atoms with Crippen LogP contribution in [0.4, 0.5) is 14.5 Å². The van der Waals surface area contributed by atoms with E-state index < -0.39 is 11.6 Å². The highest BCUT2D eigenvalue weighted by Gasteiger charge is 2.11. The average Bonchev–Trinajstić information content (AvgIpc) is 2.33. The van der Waals surface area contributed by atoms with Gasteiger partial charge in [0.25, 0.3) is 0 Å². The fourth-order valence-electron chi connectivity index (χ4n) is 1.59. The molecule has 0 amide bonds. The van der Waals surface area contributed by atoms with Gasteiger partial charge in [-0.1, -0.05) is 18.2 Å². The van der Waals surface area contributed by atoms with Crippen molar-refractivity contribution in [3.8, 4) is 16.9 Å². The van der Waals surface area contributed by atoms with E-state index in [1.54, 1.807) is 18.2 Å².